The molecule has 3 N–H and O–H groups in total. The van der Waals surface area contributed by atoms with Crippen LogP contribution in [-0.2, 0) is 0 Å². The zero-order chi connectivity index (χ0) is 12.1. The van der Waals surface area contributed by atoms with Crippen molar-refractivity contribution in [2.45, 2.75) is 64.5 Å². The second-order valence-electron chi connectivity index (χ2n) is 5.29. The van der Waals surface area contributed by atoms with E-state index in [-0.39, 0.29) is 0 Å². The summed E-state index contributed by atoms with van der Waals surface area (Å²) in [6, 6.07) is 1.14. The first-order valence-electron chi connectivity index (χ1n) is 6.61. The lowest BCUT2D eigenvalue weighted by Crippen LogP contribution is -2.46. The van der Waals surface area contributed by atoms with E-state index in [4.69, 9.17) is 11.1 Å². The maximum Gasteiger partial charge on any atom is 0.0921 e. The summed E-state index contributed by atoms with van der Waals surface area (Å²) in [5.74, 6) is 1.11. The SMILES string of the molecule is CCC(CC(=N)N)N(C)C1CCCCC1C. The van der Waals surface area contributed by atoms with E-state index in [1.54, 1.807) is 0 Å². The summed E-state index contributed by atoms with van der Waals surface area (Å²) in [7, 11) is 2.21. The van der Waals surface area contributed by atoms with Crippen LogP contribution in [0.5, 0.6) is 0 Å². The molecule has 16 heavy (non-hydrogen) atoms. The molecule has 1 aliphatic rings. The van der Waals surface area contributed by atoms with Gasteiger partial charge in [0.25, 0.3) is 0 Å². The fourth-order valence-corrected chi connectivity index (χ4v) is 3.00. The highest BCUT2D eigenvalue weighted by Crippen LogP contribution is 2.29. The number of hydrogen-bond acceptors (Lipinski definition) is 2. The predicted molar refractivity (Wildman–Crippen MR) is 69.8 cm³/mol. The van der Waals surface area contributed by atoms with Gasteiger partial charge in [0.05, 0.1) is 5.84 Å². The highest BCUT2D eigenvalue weighted by atomic mass is 15.2. The lowest BCUT2D eigenvalue weighted by Gasteiger charge is -2.40. The van der Waals surface area contributed by atoms with Crippen LogP contribution in [0.2, 0.25) is 0 Å². The van der Waals surface area contributed by atoms with Crippen molar-refractivity contribution in [1.82, 2.24) is 4.90 Å². The van der Waals surface area contributed by atoms with Crippen LogP contribution in [0.4, 0.5) is 0 Å². The number of nitrogens with one attached hydrogen (secondary N) is 1. The van der Waals surface area contributed by atoms with Gasteiger partial charge in [0, 0.05) is 18.5 Å². The van der Waals surface area contributed by atoms with Gasteiger partial charge in [0.15, 0.2) is 0 Å². The van der Waals surface area contributed by atoms with E-state index < -0.39 is 0 Å². The summed E-state index contributed by atoms with van der Waals surface area (Å²) in [5.41, 5.74) is 5.53. The Bertz CT molecular complexity index is 227. The zero-order valence-corrected chi connectivity index (χ0v) is 11.0. The summed E-state index contributed by atoms with van der Waals surface area (Å²) in [5, 5.41) is 7.44. The van der Waals surface area contributed by atoms with E-state index in [1.807, 2.05) is 0 Å². The Labute approximate surface area is 99.9 Å². The Kier molecular flexibility index (Phi) is 5.26. The molecule has 0 amide bonds. The third-order valence-electron chi connectivity index (χ3n) is 4.09. The molecule has 0 radical (unpaired) electrons. The molecule has 1 fully saturated rings. The minimum Gasteiger partial charge on any atom is -0.388 e. The molecule has 0 heterocycles. The molecule has 1 rings (SSSR count). The fourth-order valence-electron chi connectivity index (χ4n) is 3.00. The quantitative estimate of drug-likeness (QED) is 0.558. The van der Waals surface area contributed by atoms with Gasteiger partial charge in [0.2, 0.25) is 0 Å². The fraction of sp³-hybridized carbons (Fsp3) is 0.923. The van der Waals surface area contributed by atoms with Crippen molar-refractivity contribution < 1.29 is 0 Å². The Morgan fingerprint density at radius 2 is 2.06 bits per heavy atom. The molecule has 3 unspecified atom stereocenters. The second kappa shape index (κ2) is 6.24. The molecule has 0 saturated heterocycles. The third-order valence-corrected chi connectivity index (χ3v) is 4.09. The van der Waals surface area contributed by atoms with Gasteiger partial charge >= 0.3 is 0 Å². The largest absolute Gasteiger partial charge is 0.388 e. The number of rotatable bonds is 5. The summed E-state index contributed by atoms with van der Waals surface area (Å²) >= 11 is 0. The number of nitrogens with two attached hydrogens (primary N) is 1. The summed E-state index contributed by atoms with van der Waals surface area (Å²) in [4.78, 5) is 2.48. The van der Waals surface area contributed by atoms with Crippen LogP contribution in [0.25, 0.3) is 0 Å². The smallest absolute Gasteiger partial charge is 0.0921 e. The topological polar surface area (TPSA) is 53.1 Å². The number of nitrogens with zero attached hydrogens (tertiary/aromatic N) is 1. The molecule has 94 valence electrons. The van der Waals surface area contributed by atoms with E-state index in [1.165, 1.54) is 25.7 Å². The van der Waals surface area contributed by atoms with Crippen molar-refractivity contribution in [3.05, 3.63) is 0 Å². The molecule has 3 heteroatoms. The van der Waals surface area contributed by atoms with Gasteiger partial charge in [-0.2, -0.15) is 0 Å². The van der Waals surface area contributed by atoms with Gasteiger partial charge in [-0.05, 0) is 32.2 Å². The molecule has 0 aromatic heterocycles. The van der Waals surface area contributed by atoms with Crippen molar-refractivity contribution in [3.8, 4) is 0 Å². The third kappa shape index (κ3) is 3.48. The first-order valence-corrected chi connectivity index (χ1v) is 6.61. The molecule has 0 aromatic rings. The lowest BCUT2D eigenvalue weighted by molar-refractivity contribution is 0.0966. The molecule has 0 aromatic carbocycles. The number of amidine groups is 1. The van der Waals surface area contributed by atoms with Crippen molar-refractivity contribution >= 4 is 5.84 Å². The van der Waals surface area contributed by atoms with Crippen LogP contribution in [0, 0.1) is 11.3 Å². The van der Waals surface area contributed by atoms with Gasteiger partial charge in [-0.15, -0.1) is 0 Å². The molecular formula is C13H27N3. The summed E-state index contributed by atoms with van der Waals surface area (Å²) in [6.45, 7) is 4.55. The van der Waals surface area contributed by atoms with E-state index >= 15 is 0 Å². The first-order chi connectivity index (χ1) is 7.56. The minimum atomic E-state index is 0.321. The normalized spacial score (nSPS) is 28.0. The average Bonchev–Trinajstić information content (AvgIpc) is 2.25. The van der Waals surface area contributed by atoms with Gasteiger partial charge in [-0.1, -0.05) is 26.7 Å². The van der Waals surface area contributed by atoms with Gasteiger partial charge < -0.3 is 5.73 Å². The van der Waals surface area contributed by atoms with E-state index in [9.17, 15) is 0 Å². The van der Waals surface area contributed by atoms with Crippen LogP contribution in [-0.4, -0.2) is 29.9 Å². The van der Waals surface area contributed by atoms with E-state index in [0.717, 1.165) is 18.8 Å². The molecule has 3 atom stereocenters. The molecule has 0 bridgehead atoms. The Hall–Kier alpha value is -0.570. The highest BCUT2D eigenvalue weighted by Gasteiger charge is 2.28. The highest BCUT2D eigenvalue weighted by molar-refractivity contribution is 5.77. The van der Waals surface area contributed by atoms with E-state index in [0.29, 0.717) is 17.9 Å². The Morgan fingerprint density at radius 3 is 2.56 bits per heavy atom. The minimum absolute atomic E-state index is 0.321. The number of hydrogen-bond donors (Lipinski definition) is 2. The van der Waals surface area contributed by atoms with Crippen molar-refractivity contribution in [3.63, 3.8) is 0 Å². The summed E-state index contributed by atoms with van der Waals surface area (Å²) < 4.78 is 0. The standard InChI is InChI=1S/C13H27N3/c1-4-11(9-13(14)15)16(3)12-8-6-5-7-10(12)2/h10-12H,4-9H2,1-3H3,(H3,14,15). The predicted octanol–water partition coefficient (Wildman–Crippen LogP) is 2.60. The Morgan fingerprint density at radius 1 is 1.44 bits per heavy atom. The van der Waals surface area contributed by atoms with Crippen molar-refractivity contribution in [2.24, 2.45) is 11.7 Å². The average molecular weight is 225 g/mol. The molecule has 0 spiro atoms. The molecular weight excluding hydrogens is 198 g/mol. The van der Waals surface area contributed by atoms with Gasteiger partial charge in [0.1, 0.15) is 0 Å². The first kappa shape index (κ1) is 13.5. The Balaban J connectivity index is 2.58. The molecule has 3 nitrogen and oxygen atoms in total. The molecule has 0 aliphatic heterocycles. The lowest BCUT2D eigenvalue weighted by atomic mass is 9.84. The second-order valence-corrected chi connectivity index (χ2v) is 5.29. The zero-order valence-electron chi connectivity index (χ0n) is 11.0. The van der Waals surface area contributed by atoms with Crippen LogP contribution in [0.15, 0.2) is 0 Å². The maximum atomic E-state index is 7.44. The monoisotopic (exact) mass is 225 g/mol. The van der Waals surface area contributed by atoms with Crippen LogP contribution in [0.3, 0.4) is 0 Å². The summed E-state index contributed by atoms with van der Waals surface area (Å²) in [6.07, 6.45) is 7.21. The maximum absolute atomic E-state index is 7.44. The van der Waals surface area contributed by atoms with Crippen LogP contribution >= 0.6 is 0 Å². The van der Waals surface area contributed by atoms with Crippen molar-refractivity contribution in [1.29, 1.82) is 5.41 Å². The van der Waals surface area contributed by atoms with Gasteiger partial charge in [-0.3, -0.25) is 10.3 Å². The van der Waals surface area contributed by atoms with Gasteiger partial charge in [-0.25, -0.2) is 0 Å². The van der Waals surface area contributed by atoms with Crippen LogP contribution in [0.1, 0.15) is 52.4 Å². The molecule has 1 aliphatic carbocycles. The van der Waals surface area contributed by atoms with E-state index in [2.05, 4.69) is 25.8 Å². The molecule has 1 saturated carbocycles. The van der Waals surface area contributed by atoms with Crippen LogP contribution < -0.4 is 5.73 Å². The van der Waals surface area contributed by atoms with Crippen molar-refractivity contribution in [2.75, 3.05) is 7.05 Å².